The monoisotopic (exact) mass is 410 g/mol. The van der Waals surface area contributed by atoms with Crippen molar-refractivity contribution in [3.63, 3.8) is 0 Å². The first kappa shape index (κ1) is 19.6. The van der Waals surface area contributed by atoms with Crippen LogP contribution in [0.3, 0.4) is 0 Å². The summed E-state index contributed by atoms with van der Waals surface area (Å²) in [5.74, 6) is 1.57. The van der Waals surface area contributed by atoms with Gasteiger partial charge < -0.3 is 14.6 Å². The Kier molecular flexibility index (Phi) is 4.65. The number of carbonyl (C=O) groups is 1. The van der Waals surface area contributed by atoms with E-state index in [4.69, 9.17) is 9.26 Å². The minimum Gasteiger partial charge on any atom is -0.384 e. The number of carbonyl (C=O) groups excluding carboxylic acids is 1. The molecule has 2 aromatic rings. The maximum atomic E-state index is 12.9. The third-order valence-electron chi connectivity index (χ3n) is 8.11. The first-order valence-electron chi connectivity index (χ1n) is 11.0. The van der Waals surface area contributed by atoms with E-state index in [2.05, 4.69) is 48.6 Å². The van der Waals surface area contributed by atoms with Crippen molar-refractivity contribution in [3.8, 4) is 0 Å². The number of hydrogen-bond donors (Lipinski definition) is 2. The Bertz CT molecular complexity index is 978. The number of H-pyrrole nitrogens is 1. The maximum absolute atomic E-state index is 12.9. The minimum atomic E-state index is -0.268. The molecule has 0 radical (unpaired) electrons. The first-order chi connectivity index (χ1) is 14.4. The highest BCUT2D eigenvalue weighted by Crippen LogP contribution is 2.70. The molecule has 1 spiro atoms. The third kappa shape index (κ3) is 3.04. The van der Waals surface area contributed by atoms with Gasteiger partial charge in [0.15, 0.2) is 0 Å². The molecule has 1 unspecified atom stereocenters. The van der Waals surface area contributed by atoms with Crippen molar-refractivity contribution >= 4 is 5.91 Å². The van der Waals surface area contributed by atoms with Crippen molar-refractivity contribution in [2.75, 3.05) is 6.61 Å². The summed E-state index contributed by atoms with van der Waals surface area (Å²) in [5.41, 5.74) is 1.13. The van der Waals surface area contributed by atoms with Gasteiger partial charge in [-0.15, -0.1) is 0 Å². The topological polar surface area (TPSA) is 84.3 Å². The first-order valence-corrected chi connectivity index (χ1v) is 11.0. The normalized spacial score (nSPS) is 33.9. The zero-order valence-electron chi connectivity index (χ0n) is 17.6. The zero-order chi connectivity index (χ0) is 20.9. The number of aryl methyl sites for hydroxylation is 1. The summed E-state index contributed by atoms with van der Waals surface area (Å²) >= 11 is 0. The van der Waals surface area contributed by atoms with Gasteiger partial charge >= 0.3 is 0 Å². The predicted molar refractivity (Wildman–Crippen MR) is 112 cm³/mol. The second kappa shape index (κ2) is 7.12. The maximum Gasteiger partial charge on any atom is 0.280 e. The van der Waals surface area contributed by atoms with Crippen LogP contribution in [0.4, 0.5) is 0 Å². The molecule has 2 N–H and O–H groups in total. The minimum absolute atomic E-state index is 0.0281. The number of aromatic amines is 1. The molecule has 30 heavy (non-hydrogen) atoms. The van der Waals surface area contributed by atoms with Gasteiger partial charge in [0.25, 0.3) is 5.56 Å². The zero-order valence-corrected chi connectivity index (χ0v) is 17.6. The molecule has 5 atom stereocenters. The third-order valence-corrected chi connectivity index (χ3v) is 8.11. The number of benzene rings is 1. The van der Waals surface area contributed by atoms with Gasteiger partial charge in [0, 0.05) is 31.6 Å². The van der Waals surface area contributed by atoms with Gasteiger partial charge in [-0.1, -0.05) is 44.2 Å². The lowest BCUT2D eigenvalue weighted by Crippen LogP contribution is -2.58. The molecule has 2 bridgehead atoms. The van der Waals surface area contributed by atoms with Crippen LogP contribution < -0.4 is 10.9 Å². The summed E-state index contributed by atoms with van der Waals surface area (Å²) in [6.45, 7) is 5.36. The number of rotatable bonds is 5. The van der Waals surface area contributed by atoms with Crippen molar-refractivity contribution in [1.29, 1.82) is 0 Å². The van der Waals surface area contributed by atoms with Crippen LogP contribution in [-0.4, -0.2) is 23.7 Å². The van der Waals surface area contributed by atoms with E-state index in [1.807, 2.05) is 6.07 Å². The number of amides is 1. The molecule has 1 aromatic heterocycles. The van der Waals surface area contributed by atoms with E-state index >= 15 is 0 Å². The molecule has 5 rings (SSSR count). The quantitative estimate of drug-likeness (QED) is 0.789. The average Bonchev–Trinajstić information content (AvgIpc) is 3.39. The summed E-state index contributed by atoms with van der Waals surface area (Å²) in [6, 6.07) is 12.1. The summed E-state index contributed by atoms with van der Waals surface area (Å²) in [7, 11) is 0. The molecule has 1 aromatic carbocycles. The van der Waals surface area contributed by atoms with Gasteiger partial charge in [-0.05, 0) is 47.5 Å². The molecular formula is C24H30N2O4. The number of ether oxygens (including phenoxy) is 1. The second-order valence-electron chi connectivity index (χ2n) is 9.93. The van der Waals surface area contributed by atoms with Crippen LogP contribution in [-0.2, 0) is 16.0 Å². The Morgan fingerprint density at radius 2 is 2.07 bits per heavy atom. The lowest BCUT2D eigenvalue weighted by atomic mass is 9.59. The Morgan fingerprint density at radius 3 is 2.80 bits per heavy atom. The largest absolute Gasteiger partial charge is 0.384 e. The lowest BCUT2D eigenvalue weighted by molar-refractivity contribution is -0.137. The molecule has 2 saturated carbocycles. The van der Waals surface area contributed by atoms with Crippen molar-refractivity contribution < 1.29 is 14.1 Å². The fraction of sp³-hybridized carbons (Fsp3) is 0.583. The molecule has 1 amide bonds. The highest BCUT2D eigenvalue weighted by atomic mass is 16.5. The van der Waals surface area contributed by atoms with Gasteiger partial charge in [-0.3, -0.25) is 9.59 Å². The van der Waals surface area contributed by atoms with E-state index in [1.165, 1.54) is 11.6 Å². The number of aromatic nitrogens is 1. The standard InChI is InChI=1S/C24H30N2O4/c1-23(2)16-12-18-21(15-6-4-3-5-7-15)29-11-10-24(18,14-16)22(23)25-19(27)9-8-17-13-20(28)26-30-17/h3-7,13,16,18,21-22H,8-12,14H2,1-2H3,(H,25,27)(H,26,28)/t16-,18-,21-,22+,24?/m1/s1. The van der Waals surface area contributed by atoms with Crippen molar-refractivity contribution in [2.24, 2.45) is 22.7 Å². The van der Waals surface area contributed by atoms with Crippen LogP contribution >= 0.6 is 0 Å². The molecule has 1 saturated heterocycles. The highest BCUT2D eigenvalue weighted by molar-refractivity contribution is 5.76. The van der Waals surface area contributed by atoms with Crippen molar-refractivity contribution in [3.05, 3.63) is 58.1 Å². The van der Waals surface area contributed by atoms with Gasteiger partial charge in [-0.2, -0.15) is 5.16 Å². The molecule has 6 heteroatoms. The number of nitrogens with one attached hydrogen (secondary N) is 2. The number of fused-ring (bicyclic) bond motifs is 1. The fourth-order valence-corrected chi connectivity index (χ4v) is 6.67. The molecule has 3 aliphatic rings. The molecule has 6 nitrogen and oxygen atoms in total. The molecule has 160 valence electrons. The summed E-state index contributed by atoms with van der Waals surface area (Å²) < 4.78 is 11.4. The highest BCUT2D eigenvalue weighted by Gasteiger charge is 2.68. The van der Waals surface area contributed by atoms with Gasteiger partial charge in [0.1, 0.15) is 5.76 Å². The predicted octanol–water partition coefficient (Wildman–Crippen LogP) is 3.60. The van der Waals surface area contributed by atoms with E-state index in [1.54, 1.807) is 0 Å². The van der Waals surface area contributed by atoms with E-state index in [9.17, 15) is 9.59 Å². The average molecular weight is 411 g/mol. The van der Waals surface area contributed by atoms with Crippen molar-refractivity contribution in [2.45, 2.75) is 58.1 Å². The van der Waals surface area contributed by atoms with Crippen molar-refractivity contribution in [1.82, 2.24) is 10.5 Å². The fourth-order valence-electron chi connectivity index (χ4n) is 6.67. The van der Waals surface area contributed by atoms with Gasteiger partial charge in [0.2, 0.25) is 5.91 Å². The Morgan fingerprint density at radius 1 is 1.27 bits per heavy atom. The second-order valence-corrected chi connectivity index (χ2v) is 9.93. The summed E-state index contributed by atoms with van der Waals surface area (Å²) in [6.07, 6.45) is 4.17. The molecule has 1 aliphatic heterocycles. The SMILES string of the molecule is CC1(C)[C@@H]2C[C@@H]3[C@@H](c4ccccc4)OCCC3(C2)[C@H]1NC(=O)CCc1cc(=O)[nH]o1. The van der Waals surface area contributed by atoms with E-state index in [0.29, 0.717) is 30.4 Å². The molecule has 2 heterocycles. The van der Waals surface area contributed by atoms with Crippen LogP contribution in [0.2, 0.25) is 0 Å². The Labute approximate surface area is 176 Å². The Hall–Kier alpha value is -2.34. The smallest absolute Gasteiger partial charge is 0.280 e. The van der Waals surface area contributed by atoms with E-state index in [-0.39, 0.29) is 34.4 Å². The van der Waals surface area contributed by atoms with Crippen LogP contribution in [0.15, 0.2) is 45.7 Å². The summed E-state index contributed by atoms with van der Waals surface area (Å²) in [5, 5.41) is 5.70. The lowest BCUT2D eigenvalue weighted by Gasteiger charge is -2.53. The molecular weight excluding hydrogens is 380 g/mol. The summed E-state index contributed by atoms with van der Waals surface area (Å²) in [4.78, 5) is 24.1. The molecule has 2 aliphatic carbocycles. The number of hydrogen-bond acceptors (Lipinski definition) is 4. The Balaban J connectivity index is 1.36. The van der Waals surface area contributed by atoms with E-state index < -0.39 is 0 Å². The van der Waals surface area contributed by atoms with Gasteiger partial charge in [-0.25, -0.2) is 0 Å². The van der Waals surface area contributed by atoms with Crippen LogP contribution in [0.25, 0.3) is 0 Å². The van der Waals surface area contributed by atoms with Crippen LogP contribution in [0, 0.1) is 22.7 Å². The van der Waals surface area contributed by atoms with Crippen LogP contribution in [0.1, 0.15) is 57.0 Å². The van der Waals surface area contributed by atoms with E-state index in [0.717, 1.165) is 25.9 Å². The van der Waals surface area contributed by atoms with Crippen LogP contribution in [0.5, 0.6) is 0 Å². The molecule has 3 fully saturated rings. The van der Waals surface area contributed by atoms with Gasteiger partial charge in [0.05, 0.1) is 6.10 Å².